The number of pyridine rings is 1. The Balaban J connectivity index is 2.48. The van der Waals surface area contributed by atoms with Gasteiger partial charge in [0.15, 0.2) is 5.82 Å². The molecule has 5 nitrogen and oxygen atoms in total. The summed E-state index contributed by atoms with van der Waals surface area (Å²) in [5.41, 5.74) is 1.34. The lowest BCUT2D eigenvalue weighted by Gasteiger charge is -2.03. The fraction of sp³-hybridized carbons (Fsp3) is 0.182. The Hall–Kier alpha value is -1.69. The second-order valence-corrected chi connectivity index (χ2v) is 4.27. The number of carboxylic acid groups (broad SMARTS) is 1. The van der Waals surface area contributed by atoms with E-state index in [1.807, 2.05) is 18.2 Å². The molecule has 0 unspecified atom stereocenters. The molecule has 2 aromatic heterocycles. The van der Waals surface area contributed by atoms with E-state index >= 15 is 0 Å². The van der Waals surface area contributed by atoms with Crippen molar-refractivity contribution in [1.82, 2.24) is 14.5 Å². The summed E-state index contributed by atoms with van der Waals surface area (Å²) in [5, 5.41) is 8.82. The SMILES string of the molecule is Cn1c(-c2ccccn2)nc(Br)c1CC(=O)O. The van der Waals surface area contributed by atoms with E-state index in [1.165, 1.54) is 0 Å². The minimum atomic E-state index is -0.888. The second kappa shape index (κ2) is 4.67. The molecule has 0 saturated carbocycles. The molecule has 2 aromatic rings. The van der Waals surface area contributed by atoms with E-state index in [2.05, 4.69) is 25.9 Å². The molecule has 0 spiro atoms. The van der Waals surface area contributed by atoms with E-state index in [1.54, 1.807) is 17.8 Å². The molecule has 17 heavy (non-hydrogen) atoms. The van der Waals surface area contributed by atoms with E-state index in [9.17, 15) is 4.79 Å². The molecule has 0 fully saturated rings. The highest BCUT2D eigenvalue weighted by molar-refractivity contribution is 9.10. The first-order valence-corrected chi connectivity index (χ1v) is 5.73. The van der Waals surface area contributed by atoms with E-state index in [0.717, 1.165) is 0 Å². The molecule has 88 valence electrons. The van der Waals surface area contributed by atoms with Crippen molar-refractivity contribution in [2.24, 2.45) is 7.05 Å². The summed E-state index contributed by atoms with van der Waals surface area (Å²) in [6.07, 6.45) is 1.60. The highest BCUT2D eigenvalue weighted by Crippen LogP contribution is 2.23. The van der Waals surface area contributed by atoms with Gasteiger partial charge in [0.1, 0.15) is 10.3 Å². The lowest BCUT2D eigenvalue weighted by Crippen LogP contribution is -2.06. The quantitative estimate of drug-likeness (QED) is 0.939. The van der Waals surface area contributed by atoms with Crippen molar-refractivity contribution in [3.8, 4) is 11.5 Å². The van der Waals surface area contributed by atoms with Crippen LogP contribution in [0.1, 0.15) is 5.69 Å². The minimum Gasteiger partial charge on any atom is -0.481 e. The number of nitrogens with zero attached hydrogens (tertiary/aromatic N) is 3. The van der Waals surface area contributed by atoms with E-state index < -0.39 is 5.97 Å². The van der Waals surface area contributed by atoms with Crippen LogP contribution in [0.4, 0.5) is 0 Å². The normalized spacial score (nSPS) is 10.5. The first kappa shape index (κ1) is 11.8. The summed E-state index contributed by atoms with van der Waals surface area (Å²) < 4.78 is 2.28. The number of rotatable bonds is 3. The maximum absolute atomic E-state index is 10.7. The summed E-state index contributed by atoms with van der Waals surface area (Å²) in [5.74, 6) is -0.241. The van der Waals surface area contributed by atoms with Gasteiger partial charge in [-0.3, -0.25) is 9.78 Å². The van der Waals surface area contributed by atoms with Crippen LogP contribution < -0.4 is 0 Å². The molecule has 0 aromatic carbocycles. The first-order chi connectivity index (χ1) is 8.09. The van der Waals surface area contributed by atoms with Crippen LogP contribution in [0.3, 0.4) is 0 Å². The monoisotopic (exact) mass is 295 g/mol. The molecule has 0 saturated heterocycles. The van der Waals surface area contributed by atoms with Crippen LogP contribution in [0, 0.1) is 0 Å². The molecule has 0 atom stereocenters. The maximum Gasteiger partial charge on any atom is 0.309 e. The molecule has 6 heteroatoms. The Kier molecular flexibility index (Phi) is 3.23. The van der Waals surface area contributed by atoms with Gasteiger partial charge in [0.25, 0.3) is 0 Å². The minimum absolute atomic E-state index is 0.0725. The van der Waals surface area contributed by atoms with Gasteiger partial charge in [0, 0.05) is 13.2 Å². The Morgan fingerprint density at radius 1 is 1.53 bits per heavy atom. The Labute approximate surface area is 106 Å². The Morgan fingerprint density at radius 3 is 2.88 bits per heavy atom. The summed E-state index contributed by atoms with van der Waals surface area (Å²) in [4.78, 5) is 19.2. The first-order valence-electron chi connectivity index (χ1n) is 4.94. The summed E-state index contributed by atoms with van der Waals surface area (Å²) >= 11 is 3.27. The van der Waals surface area contributed by atoms with Crippen molar-refractivity contribution >= 4 is 21.9 Å². The highest BCUT2D eigenvalue weighted by atomic mass is 79.9. The average Bonchev–Trinajstić information content (AvgIpc) is 2.58. The van der Waals surface area contributed by atoms with Crippen molar-refractivity contribution in [1.29, 1.82) is 0 Å². The van der Waals surface area contributed by atoms with Crippen LogP contribution in [0.15, 0.2) is 29.0 Å². The molecule has 0 aliphatic rings. The number of aromatic nitrogens is 3. The highest BCUT2D eigenvalue weighted by Gasteiger charge is 2.16. The van der Waals surface area contributed by atoms with Crippen molar-refractivity contribution in [2.45, 2.75) is 6.42 Å². The van der Waals surface area contributed by atoms with Gasteiger partial charge in [-0.05, 0) is 28.1 Å². The average molecular weight is 296 g/mol. The van der Waals surface area contributed by atoms with Gasteiger partial charge >= 0.3 is 5.97 Å². The van der Waals surface area contributed by atoms with Gasteiger partial charge in [-0.1, -0.05) is 6.07 Å². The zero-order valence-electron chi connectivity index (χ0n) is 9.09. The summed E-state index contributed by atoms with van der Waals surface area (Å²) in [7, 11) is 1.78. The van der Waals surface area contributed by atoms with Gasteiger partial charge in [0.2, 0.25) is 0 Å². The predicted molar refractivity (Wildman–Crippen MR) is 65.5 cm³/mol. The number of imidazole rings is 1. The smallest absolute Gasteiger partial charge is 0.309 e. The maximum atomic E-state index is 10.7. The van der Waals surface area contributed by atoms with Crippen LogP contribution in [0.5, 0.6) is 0 Å². The number of carboxylic acids is 1. The van der Waals surface area contributed by atoms with Crippen LogP contribution in [-0.2, 0) is 18.3 Å². The van der Waals surface area contributed by atoms with Crippen molar-refractivity contribution in [3.63, 3.8) is 0 Å². The second-order valence-electron chi connectivity index (χ2n) is 3.52. The molecule has 2 heterocycles. The number of hydrogen-bond acceptors (Lipinski definition) is 3. The Morgan fingerprint density at radius 2 is 2.29 bits per heavy atom. The lowest BCUT2D eigenvalue weighted by molar-refractivity contribution is -0.136. The molecule has 0 amide bonds. The van der Waals surface area contributed by atoms with E-state index in [-0.39, 0.29) is 6.42 Å². The topological polar surface area (TPSA) is 68.0 Å². The van der Waals surface area contributed by atoms with E-state index in [4.69, 9.17) is 5.11 Å². The fourth-order valence-corrected chi connectivity index (χ4v) is 2.13. The zero-order chi connectivity index (χ0) is 12.4. The Bertz CT molecular complexity index is 551. The number of halogens is 1. The van der Waals surface area contributed by atoms with Gasteiger partial charge in [0.05, 0.1) is 12.1 Å². The molecule has 2 rings (SSSR count). The lowest BCUT2D eigenvalue weighted by atomic mass is 10.3. The molecule has 0 aliphatic carbocycles. The number of carbonyl (C=O) groups is 1. The third-order valence-electron chi connectivity index (χ3n) is 2.38. The van der Waals surface area contributed by atoms with Crippen molar-refractivity contribution in [2.75, 3.05) is 0 Å². The molecule has 1 N–H and O–H groups in total. The molecular weight excluding hydrogens is 286 g/mol. The molecule has 0 aliphatic heterocycles. The van der Waals surface area contributed by atoms with Crippen LogP contribution in [0.2, 0.25) is 0 Å². The van der Waals surface area contributed by atoms with Crippen LogP contribution in [-0.4, -0.2) is 25.6 Å². The largest absolute Gasteiger partial charge is 0.481 e. The summed E-state index contributed by atoms with van der Waals surface area (Å²) in [6, 6.07) is 5.51. The molecule has 0 radical (unpaired) electrons. The van der Waals surface area contributed by atoms with Gasteiger partial charge in [-0.15, -0.1) is 0 Å². The van der Waals surface area contributed by atoms with Crippen LogP contribution >= 0.6 is 15.9 Å². The number of aliphatic carboxylic acids is 1. The summed E-state index contributed by atoms with van der Waals surface area (Å²) in [6.45, 7) is 0. The van der Waals surface area contributed by atoms with Gasteiger partial charge in [-0.25, -0.2) is 4.98 Å². The molecular formula is C11H10BrN3O2. The van der Waals surface area contributed by atoms with Gasteiger partial charge in [-0.2, -0.15) is 0 Å². The predicted octanol–water partition coefficient (Wildman–Crippen LogP) is 1.87. The zero-order valence-corrected chi connectivity index (χ0v) is 10.7. The van der Waals surface area contributed by atoms with Gasteiger partial charge < -0.3 is 9.67 Å². The fourth-order valence-electron chi connectivity index (χ4n) is 1.56. The number of hydrogen-bond donors (Lipinski definition) is 1. The van der Waals surface area contributed by atoms with E-state index in [0.29, 0.717) is 21.8 Å². The van der Waals surface area contributed by atoms with Crippen molar-refractivity contribution < 1.29 is 9.90 Å². The molecule has 0 bridgehead atoms. The van der Waals surface area contributed by atoms with Crippen LogP contribution in [0.25, 0.3) is 11.5 Å². The third kappa shape index (κ3) is 2.36. The standard InChI is InChI=1S/C11H10BrN3O2/c1-15-8(6-9(16)17)10(12)14-11(15)7-4-2-3-5-13-7/h2-5H,6H2,1H3,(H,16,17). The third-order valence-corrected chi connectivity index (χ3v) is 3.01. The van der Waals surface area contributed by atoms with Crippen molar-refractivity contribution in [3.05, 3.63) is 34.7 Å².